The zero-order valence-corrected chi connectivity index (χ0v) is 5.84. The number of nitriles is 1. The van der Waals surface area contributed by atoms with Crippen LogP contribution in [-0.4, -0.2) is 12.1 Å². The first-order valence-corrected chi connectivity index (χ1v) is 2.87. The van der Waals surface area contributed by atoms with Crippen molar-refractivity contribution < 1.29 is 9.13 Å². The highest BCUT2D eigenvalue weighted by Crippen LogP contribution is 2.16. The number of aromatic nitrogens is 1. The molecular formula is C7H5FN2O. The predicted octanol–water partition coefficient (Wildman–Crippen LogP) is 1.10. The summed E-state index contributed by atoms with van der Waals surface area (Å²) in [6.07, 6.45) is 2.37. The molecule has 0 atom stereocenters. The van der Waals surface area contributed by atoms with Gasteiger partial charge in [-0.25, -0.2) is 4.39 Å². The monoisotopic (exact) mass is 152 g/mol. The van der Waals surface area contributed by atoms with E-state index in [-0.39, 0.29) is 11.3 Å². The number of rotatable bonds is 1. The minimum Gasteiger partial charge on any atom is -0.492 e. The molecule has 56 valence electrons. The first-order valence-electron chi connectivity index (χ1n) is 2.87. The van der Waals surface area contributed by atoms with E-state index >= 15 is 0 Å². The Morgan fingerprint density at radius 3 is 2.91 bits per heavy atom. The summed E-state index contributed by atoms with van der Waals surface area (Å²) in [4.78, 5) is 3.60. The molecule has 11 heavy (non-hydrogen) atoms. The molecule has 0 aliphatic heterocycles. The van der Waals surface area contributed by atoms with Crippen molar-refractivity contribution in [1.82, 2.24) is 4.98 Å². The molecule has 0 saturated heterocycles. The van der Waals surface area contributed by atoms with Crippen molar-refractivity contribution in [3.05, 3.63) is 23.8 Å². The zero-order chi connectivity index (χ0) is 8.27. The maximum absolute atomic E-state index is 12.9. The second kappa shape index (κ2) is 2.97. The summed E-state index contributed by atoms with van der Waals surface area (Å²) in [7, 11) is 1.32. The van der Waals surface area contributed by atoms with Gasteiger partial charge in [0.15, 0.2) is 11.6 Å². The zero-order valence-electron chi connectivity index (χ0n) is 5.84. The van der Waals surface area contributed by atoms with Crippen LogP contribution in [0.5, 0.6) is 5.75 Å². The first-order chi connectivity index (χ1) is 5.29. The third-order valence-corrected chi connectivity index (χ3v) is 1.19. The fraction of sp³-hybridized carbons (Fsp3) is 0.143. The molecule has 0 N–H and O–H groups in total. The first kappa shape index (κ1) is 7.48. The highest BCUT2D eigenvalue weighted by atomic mass is 19.1. The smallest absolute Gasteiger partial charge is 0.185 e. The van der Waals surface area contributed by atoms with Gasteiger partial charge in [0, 0.05) is 6.20 Å². The summed E-state index contributed by atoms with van der Waals surface area (Å²) >= 11 is 0. The molecular weight excluding hydrogens is 147 g/mol. The Labute approximate surface area is 63.1 Å². The van der Waals surface area contributed by atoms with Crippen LogP contribution in [0, 0.1) is 17.1 Å². The van der Waals surface area contributed by atoms with Crippen LogP contribution in [0.1, 0.15) is 5.56 Å². The fourth-order valence-corrected chi connectivity index (χ4v) is 0.646. The van der Waals surface area contributed by atoms with Crippen molar-refractivity contribution in [1.29, 1.82) is 5.26 Å². The van der Waals surface area contributed by atoms with Gasteiger partial charge in [0.2, 0.25) is 0 Å². The van der Waals surface area contributed by atoms with E-state index in [4.69, 9.17) is 5.26 Å². The van der Waals surface area contributed by atoms with Crippen molar-refractivity contribution >= 4 is 0 Å². The summed E-state index contributed by atoms with van der Waals surface area (Å²) in [6, 6.07) is 1.65. The third kappa shape index (κ3) is 1.27. The number of hydrogen-bond donors (Lipinski definition) is 0. The predicted molar refractivity (Wildman–Crippen MR) is 35.5 cm³/mol. The lowest BCUT2D eigenvalue weighted by Gasteiger charge is -1.99. The topological polar surface area (TPSA) is 45.9 Å². The van der Waals surface area contributed by atoms with Gasteiger partial charge in [-0.05, 0) is 0 Å². The summed E-state index contributed by atoms with van der Waals surface area (Å²) in [5, 5.41) is 8.35. The molecule has 1 aromatic heterocycles. The molecule has 4 heteroatoms. The minimum atomic E-state index is -0.662. The van der Waals surface area contributed by atoms with E-state index < -0.39 is 5.82 Å². The van der Waals surface area contributed by atoms with Crippen LogP contribution in [0.4, 0.5) is 4.39 Å². The average Bonchev–Trinajstić information content (AvgIpc) is 2.05. The van der Waals surface area contributed by atoms with Gasteiger partial charge in [0.05, 0.1) is 13.3 Å². The van der Waals surface area contributed by atoms with Gasteiger partial charge in [0.25, 0.3) is 0 Å². The Morgan fingerprint density at radius 1 is 1.64 bits per heavy atom. The SMILES string of the molecule is COc1cncc(C#N)c1F. The molecule has 1 heterocycles. The van der Waals surface area contributed by atoms with Crippen LogP contribution >= 0.6 is 0 Å². The molecule has 0 unspecified atom stereocenters. The van der Waals surface area contributed by atoms with Crippen molar-refractivity contribution in [2.45, 2.75) is 0 Å². The lowest BCUT2D eigenvalue weighted by molar-refractivity contribution is 0.383. The molecule has 0 aliphatic carbocycles. The molecule has 0 radical (unpaired) electrons. The average molecular weight is 152 g/mol. The lowest BCUT2D eigenvalue weighted by Crippen LogP contribution is -1.92. The third-order valence-electron chi connectivity index (χ3n) is 1.19. The minimum absolute atomic E-state index is 0.0101. The van der Waals surface area contributed by atoms with E-state index in [0.29, 0.717) is 0 Å². The van der Waals surface area contributed by atoms with Gasteiger partial charge < -0.3 is 4.74 Å². The van der Waals surface area contributed by atoms with E-state index in [0.717, 1.165) is 6.20 Å². The molecule has 1 aromatic rings. The number of nitrogens with zero attached hydrogens (tertiary/aromatic N) is 2. The van der Waals surface area contributed by atoms with Crippen LogP contribution < -0.4 is 4.74 Å². The van der Waals surface area contributed by atoms with E-state index in [2.05, 4.69) is 9.72 Å². The Balaban J connectivity index is 3.23. The molecule has 0 amide bonds. The molecule has 0 spiro atoms. The molecule has 0 saturated carbocycles. The van der Waals surface area contributed by atoms with Crippen LogP contribution in [-0.2, 0) is 0 Å². The van der Waals surface area contributed by atoms with Crippen molar-refractivity contribution in [2.75, 3.05) is 7.11 Å². The fourth-order valence-electron chi connectivity index (χ4n) is 0.646. The normalized spacial score (nSPS) is 8.82. The quantitative estimate of drug-likeness (QED) is 0.605. The maximum atomic E-state index is 12.9. The van der Waals surface area contributed by atoms with Gasteiger partial charge in [-0.15, -0.1) is 0 Å². The Kier molecular flexibility index (Phi) is 2.02. The molecule has 0 aliphatic rings. The Morgan fingerprint density at radius 2 is 2.36 bits per heavy atom. The number of pyridine rings is 1. The Hall–Kier alpha value is -1.63. The van der Waals surface area contributed by atoms with Crippen molar-refractivity contribution in [3.63, 3.8) is 0 Å². The molecule has 3 nitrogen and oxygen atoms in total. The highest BCUT2D eigenvalue weighted by molar-refractivity contribution is 5.34. The summed E-state index contributed by atoms with van der Waals surface area (Å²) in [5.41, 5.74) is -0.107. The van der Waals surface area contributed by atoms with Crippen molar-refractivity contribution in [2.24, 2.45) is 0 Å². The number of ether oxygens (including phenoxy) is 1. The maximum Gasteiger partial charge on any atom is 0.185 e. The number of hydrogen-bond acceptors (Lipinski definition) is 3. The van der Waals surface area contributed by atoms with Gasteiger partial charge in [0.1, 0.15) is 11.6 Å². The van der Waals surface area contributed by atoms with E-state index in [1.54, 1.807) is 6.07 Å². The molecule has 0 fully saturated rings. The second-order valence-corrected chi connectivity index (χ2v) is 1.82. The van der Waals surface area contributed by atoms with Gasteiger partial charge in [-0.2, -0.15) is 5.26 Å². The van der Waals surface area contributed by atoms with Crippen LogP contribution in [0.3, 0.4) is 0 Å². The standard InChI is InChI=1S/C7H5FN2O/c1-11-6-4-10-3-5(2-9)7(6)8/h3-4H,1H3. The van der Waals surface area contributed by atoms with Crippen molar-refractivity contribution in [3.8, 4) is 11.8 Å². The molecule has 0 aromatic carbocycles. The molecule has 0 bridgehead atoms. The largest absolute Gasteiger partial charge is 0.492 e. The molecule has 1 rings (SSSR count). The second-order valence-electron chi connectivity index (χ2n) is 1.82. The number of halogens is 1. The van der Waals surface area contributed by atoms with E-state index in [1.165, 1.54) is 13.3 Å². The van der Waals surface area contributed by atoms with Gasteiger partial charge >= 0.3 is 0 Å². The highest BCUT2D eigenvalue weighted by Gasteiger charge is 2.07. The Bertz CT molecular complexity index is 306. The van der Waals surface area contributed by atoms with Crippen LogP contribution in [0.15, 0.2) is 12.4 Å². The van der Waals surface area contributed by atoms with E-state index in [9.17, 15) is 4.39 Å². The summed E-state index contributed by atoms with van der Waals surface area (Å²) in [5.74, 6) is -0.672. The van der Waals surface area contributed by atoms with Crippen LogP contribution in [0.25, 0.3) is 0 Å². The summed E-state index contributed by atoms with van der Waals surface area (Å²) in [6.45, 7) is 0. The van der Waals surface area contributed by atoms with E-state index in [1.807, 2.05) is 0 Å². The number of methoxy groups -OCH3 is 1. The van der Waals surface area contributed by atoms with Gasteiger partial charge in [-0.3, -0.25) is 4.98 Å². The van der Waals surface area contributed by atoms with Crippen LogP contribution in [0.2, 0.25) is 0 Å². The van der Waals surface area contributed by atoms with Gasteiger partial charge in [-0.1, -0.05) is 0 Å². The summed E-state index contributed by atoms with van der Waals surface area (Å²) < 4.78 is 17.5. The lowest BCUT2D eigenvalue weighted by atomic mass is 10.3.